The van der Waals surface area contributed by atoms with Gasteiger partial charge in [0.1, 0.15) is 23.2 Å². The predicted molar refractivity (Wildman–Crippen MR) is 146 cm³/mol. The van der Waals surface area contributed by atoms with E-state index in [0.29, 0.717) is 17.6 Å². The zero-order valence-corrected chi connectivity index (χ0v) is 21.2. The third-order valence-corrected chi connectivity index (χ3v) is 7.10. The minimum Gasteiger partial charge on any atom is -0.459 e. The van der Waals surface area contributed by atoms with Crippen molar-refractivity contribution < 1.29 is 4.42 Å². The van der Waals surface area contributed by atoms with Gasteiger partial charge < -0.3 is 24.9 Å². The standard InChI is InChI=1S/C27H34N6OS/c1-20-12-16-33(17-13-20)25-18-24(32-14-6-3-7-15-32)29-26(30-25)31-27(35)28-19-22-10-11-23(34-22)21-8-4-2-5-9-21/h2,4-5,8-11,18,20H,3,6-7,12-17,19H2,1H3,(H2,28,29,30,31,35). The minimum atomic E-state index is 0.483. The van der Waals surface area contributed by atoms with Gasteiger partial charge in [-0.15, -0.1) is 0 Å². The summed E-state index contributed by atoms with van der Waals surface area (Å²) in [5.74, 6) is 4.95. The molecule has 2 N–H and O–H groups in total. The van der Waals surface area contributed by atoms with Crippen LogP contribution in [0, 0.1) is 5.92 Å². The summed E-state index contributed by atoms with van der Waals surface area (Å²) in [6, 6.07) is 16.2. The van der Waals surface area contributed by atoms with Crippen LogP contribution in [0.25, 0.3) is 11.3 Å². The molecule has 0 radical (unpaired) electrons. The lowest BCUT2D eigenvalue weighted by atomic mass is 9.99. The fourth-order valence-electron chi connectivity index (χ4n) is 4.71. The maximum atomic E-state index is 5.98. The van der Waals surface area contributed by atoms with Crippen LogP contribution in [0.2, 0.25) is 0 Å². The van der Waals surface area contributed by atoms with E-state index in [0.717, 1.165) is 60.8 Å². The number of hydrogen-bond acceptors (Lipinski definition) is 6. The molecule has 0 aliphatic carbocycles. The van der Waals surface area contributed by atoms with Gasteiger partial charge in [-0.1, -0.05) is 37.3 Å². The van der Waals surface area contributed by atoms with E-state index in [-0.39, 0.29) is 0 Å². The van der Waals surface area contributed by atoms with Crippen molar-refractivity contribution in [2.24, 2.45) is 5.92 Å². The average Bonchev–Trinajstić information content (AvgIpc) is 3.38. The zero-order chi connectivity index (χ0) is 24.0. The van der Waals surface area contributed by atoms with Crippen molar-refractivity contribution in [2.75, 3.05) is 41.3 Å². The maximum Gasteiger partial charge on any atom is 0.232 e. The van der Waals surface area contributed by atoms with E-state index in [1.54, 1.807) is 0 Å². The van der Waals surface area contributed by atoms with E-state index < -0.39 is 0 Å². The molecule has 7 nitrogen and oxygen atoms in total. The van der Waals surface area contributed by atoms with E-state index >= 15 is 0 Å². The molecule has 4 heterocycles. The zero-order valence-electron chi connectivity index (χ0n) is 20.4. The van der Waals surface area contributed by atoms with Crippen LogP contribution in [0.3, 0.4) is 0 Å². The Morgan fingerprint density at radius 3 is 2.34 bits per heavy atom. The molecule has 0 unspecified atom stereocenters. The highest BCUT2D eigenvalue weighted by atomic mass is 32.1. The smallest absolute Gasteiger partial charge is 0.232 e. The van der Waals surface area contributed by atoms with Gasteiger partial charge in [-0.05, 0) is 62.4 Å². The molecular formula is C27H34N6OS. The number of nitrogens with one attached hydrogen (secondary N) is 2. The van der Waals surface area contributed by atoms with Crippen molar-refractivity contribution in [1.82, 2.24) is 15.3 Å². The topological polar surface area (TPSA) is 69.5 Å². The Balaban J connectivity index is 1.26. The van der Waals surface area contributed by atoms with Crippen LogP contribution in [0.5, 0.6) is 0 Å². The van der Waals surface area contributed by atoms with E-state index in [1.165, 1.54) is 32.1 Å². The molecule has 1 aromatic carbocycles. The summed E-state index contributed by atoms with van der Waals surface area (Å²) in [5, 5.41) is 6.94. The minimum absolute atomic E-state index is 0.483. The number of piperidine rings is 2. The van der Waals surface area contributed by atoms with Crippen LogP contribution in [-0.4, -0.2) is 41.3 Å². The lowest BCUT2D eigenvalue weighted by molar-refractivity contribution is 0.436. The first-order chi connectivity index (χ1) is 17.1. The monoisotopic (exact) mass is 490 g/mol. The normalized spacial score (nSPS) is 16.8. The van der Waals surface area contributed by atoms with E-state index in [4.69, 9.17) is 26.6 Å². The SMILES string of the molecule is CC1CCN(c2cc(N3CCCCC3)nc(NC(=S)NCc3ccc(-c4ccccc4)o3)n2)CC1. The molecule has 2 fully saturated rings. The fraction of sp³-hybridized carbons (Fsp3) is 0.444. The second kappa shape index (κ2) is 11.1. The first-order valence-corrected chi connectivity index (χ1v) is 13.1. The summed E-state index contributed by atoms with van der Waals surface area (Å²) in [5.41, 5.74) is 1.06. The first kappa shape index (κ1) is 23.6. The van der Waals surface area contributed by atoms with E-state index in [2.05, 4.69) is 33.4 Å². The first-order valence-electron chi connectivity index (χ1n) is 12.7. The Kier molecular flexibility index (Phi) is 7.47. The summed E-state index contributed by atoms with van der Waals surface area (Å²) < 4.78 is 5.98. The van der Waals surface area contributed by atoms with Gasteiger partial charge in [0.2, 0.25) is 5.95 Å². The number of aromatic nitrogens is 2. The molecule has 2 aliphatic rings. The van der Waals surface area contributed by atoms with Gasteiger partial charge >= 0.3 is 0 Å². The van der Waals surface area contributed by atoms with Crippen LogP contribution in [-0.2, 0) is 6.54 Å². The van der Waals surface area contributed by atoms with Crippen molar-refractivity contribution >= 4 is 34.9 Å². The Hall–Kier alpha value is -3.13. The second-order valence-electron chi connectivity index (χ2n) is 9.56. The Morgan fingerprint density at radius 2 is 1.63 bits per heavy atom. The Morgan fingerprint density at radius 1 is 0.943 bits per heavy atom. The molecule has 0 bridgehead atoms. The van der Waals surface area contributed by atoms with Crippen LogP contribution in [0.15, 0.2) is 52.9 Å². The molecule has 0 atom stereocenters. The number of nitrogens with zero attached hydrogens (tertiary/aromatic N) is 4. The van der Waals surface area contributed by atoms with Crippen molar-refractivity contribution in [2.45, 2.75) is 45.6 Å². The number of thiocarbonyl (C=S) groups is 1. The molecule has 2 aliphatic heterocycles. The van der Waals surface area contributed by atoms with E-state index in [9.17, 15) is 0 Å². The van der Waals surface area contributed by atoms with Gasteiger partial charge in [0.15, 0.2) is 5.11 Å². The molecular weight excluding hydrogens is 456 g/mol. The number of benzene rings is 1. The van der Waals surface area contributed by atoms with Crippen LogP contribution in [0.4, 0.5) is 17.6 Å². The van der Waals surface area contributed by atoms with Crippen LogP contribution < -0.4 is 20.4 Å². The lowest BCUT2D eigenvalue weighted by Gasteiger charge is -2.33. The molecule has 0 spiro atoms. The van der Waals surface area contributed by atoms with Gasteiger partial charge in [-0.3, -0.25) is 0 Å². The highest BCUT2D eigenvalue weighted by Gasteiger charge is 2.21. The van der Waals surface area contributed by atoms with Gasteiger partial charge in [-0.25, -0.2) is 0 Å². The second-order valence-corrected chi connectivity index (χ2v) is 9.97. The van der Waals surface area contributed by atoms with Crippen molar-refractivity contribution in [3.8, 4) is 11.3 Å². The molecule has 0 saturated carbocycles. The maximum absolute atomic E-state index is 5.98. The molecule has 8 heteroatoms. The highest BCUT2D eigenvalue weighted by molar-refractivity contribution is 7.80. The Bertz CT molecular complexity index is 1120. The molecule has 2 aromatic heterocycles. The number of rotatable bonds is 6. The highest BCUT2D eigenvalue weighted by Crippen LogP contribution is 2.27. The summed E-state index contributed by atoms with van der Waals surface area (Å²) in [4.78, 5) is 14.4. The Labute approximate surface area is 212 Å². The number of furan rings is 1. The quantitative estimate of drug-likeness (QED) is 0.442. The summed E-state index contributed by atoms with van der Waals surface area (Å²) in [6.45, 7) is 6.95. The van der Waals surface area contributed by atoms with Gasteiger partial charge in [0, 0.05) is 37.8 Å². The predicted octanol–water partition coefficient (Wildman–Crippen LogP) is 5.45. The fourth-order valence-corrected chi connectivity index (χ4v) is 4.87. The summed E-state index contributed by atoms with van der Waals surface area (Å²) in [7, 11) is 0. The summed E-state index contributed by atoms with van der Waals surface area (Å²) in [6.07, 6.45) is 6.09. The molecule has 3 aromatic rings. The molecule has 5 rings (SSSR count). The number of anilines is 3. The molecule has 0 amide bonds. The number of hydrogen-bond donors (Lipinski definition) is 2. The van der Waals surface area contributed by atoms with Crippen molar-refractivity contribution in [3.63, 3.8) is 0 Å². The van der Waals surface area contributed by atoms with Crippen LogP contribution >= 0.6 is 12.2 Å². The average molecular weight is 491 g/mol. The van der Waals surface area contributed by atoms with Crippen molar-refractivity contribution in [1.29, 1.82) is 0 Å². The third kappa shape index (κ3) is 6.11. The summed E-state index contributed by atoms with van der Waals surface area (Å²) >= 11 is 5.58. The molecule has 35 heavy (non-hydrogen) atoms. The van der Waals surface area contributed by atoms with Crippen LogP contribution in [0.1, 0.15) is 44.8 Å². The van der Waals surface area contributed by atoms with Crippen molar-refractivity contribution in [3.05, 3.63) is 54.3 Å². The van der Waals surface area contributed by atoms with Gasteiger partial charge in [0.25, 0.3) is 0 Å². The lowest BCUT2D eigenvalue weighted by Crippen LogP contribution is -2.35. The largest absolute Gasteiger partial charge is 0.459 e. The third-order valence-electron chi connectivity index (χ3n) is 6.86. The van der Waals surface area contributed by atoms with Gasteiger partial charge in [0.05, 0.1) is 6.54 Å². The van der Waals surface area contributed by atoms with Gasteiger partial charge in [-0.2, -0.15) is 9.97 Å². The molecule has 2 saturated heterocycles. The molecule has 184 valence electrons. The van der Waals surface area contributed by atoms with E-state index in [1.807, 2.05) is 42.5 Å².